The molecule has 3 heterocycles. The van der Waals surface area contributed by atoms with Crippen LogP contribution in [0.3, 0.4) is 0 Å². The minimum absolute atomic E-state index is 0.0460. The van der Waals surface area contributed by atoms with Crippen molar-refractivity contribution in [2.24, 2.45) is 0 Å². The third kappa shape index (κ3) is 7.09. The minimum Gasteiger partial charge on any atom is -0.424 e. The lowest BCUT2D eigenvalue weighted by Crippen LogP contribution is -2.34. The first-order valence-corrected chi connectivity index (χ1v) is 16.5. The summed E-state index contributed by atoms with van der Waals surface area (Å²) in [7, 11) is -9.31. The van der Waals surface area contributed by atoms with E-state index in [1.807, 2.05) is 12.1 Å². The fraction of sp³-hybridized carbons (Fsp3) is 0.304. The van der Waals surface area contributed by atoms with Gasteiger partial charge in [-0.2, -0.15) is 14.6 Å². The van der Waals surface area contributed by atoms with E-state index in [1.165, 1.54) is 12.1 Å². The molecule has 5 rings (SSSR count). The first-order chi connectivity index (χ1) is 19.9. The summed E-state index contributed by atoms with van der Waals surface area (Å²) in [6, 6.07) is 14.8. The van der Waals surface area contributed by atoms with Crippen LogP contribution < -0.4 is 9.84 Å². The van der Waals surface area contributed by atoms with Gasteiger partial charge in [0.25, 0.3) is 0 Å². The van der Waals surface area contributed by atoms with E-state index >= 15 is 0 Å². The molecule has 2 aromatic heterocycles. The number of hydrogen-bond acceptors (Lipinski definition) is 12. The van der Waals surface area contributed by atoms with Gasteiger partial charge in [-0.25, -0.2) is 4.57 Å². The van der Waals surface area contributed by atoms with E-state index in [2.05, 4.69) is 25.6 Å². The fourth-order valence-electron chi connectivity index (χ4n) is 4.14. The number of fused-ring (bicyclic) bond motifs is 1. The molecule has 42 heavy (non-hydrogen) atoms. The van der Waals surface area contributed by atoms with Gasteiger partial charge < -0.3 is 34.6 Å². The molecule has 19 heteroatoms. The maximum Gasteiger partial charge on any atom is 0.391 e. The Kier molecular flexibility index (Phi) is 9.16. The van der Waals surface area contributed by atoms with Gasteiger partial charge in [0.05, 0.1) is 6.61 Å². The summed E-state index contributed by atoms with van der Waals surface area (Å²) in [6.07, 6.45) is -5.85. The topological polar surface area (TPSA) is 211 Å². The summed E-state index contributed by atoms with van der Waals surface area (Å²) in [5.41, 5.74) is 1.02. The van der Waals surface area contributed by atoms with Gasteiger partial charge in [-0.1, -0.05) is 53.2 Å². The summed E-state index contributed by atoms with van der Waals surface area (Å²) in [5.74, 6) is -0.957. The molecule has 0 spiro atoms. The van der Waals surface area contributed by atoms with E-state index in [-0.39, 0.29) is 34.6 Å². The molecule has 0 aliphatic carbocycles. The highest BCUT2D eigenvalue weighted by Gasteiger charge is 2.47. The Bertz CT molecular complexity index is 1660. The highest BCUT2D eigenvalue weighted by Crippen LogP contribution is 2.59. The van der Waals surface area contributed by atoms with Gasteiger partial charge in [-0.3, -0.25) is 9.09 Å². The van der Waals surface area contributed by atoms with Crippen molar-refractivity contribution in [2.45, 2.75) is 31.1 Å². The van der Waals surface area contributed by atoms with E-state index in [0.717, 1.165) is 10.2 Å². The molecule has 1 fully saturated rings. The van der Waals surface area contributed by atoms with Gasteiger partial charge in [0.15, 0.2) is 29.1 Å². The van der Waals surface area contributed by atoms with Gasteiger partial charge in [0.2, 0.25) is 5.28 Å². The second-order valence-corrected chi connectivity index (χ2v) is 14.0. The largest absolute Gasteiger partial charge is 0.424 e. The first-order valence-electron chi connectivity index (χ1n) is 12.2. The maximum atomic E-state index is 13.3. The number of nitrogens with one attached hydrogen (secondary N) is 1. The molecule has 5 atom stereocenters. The lowest BCUT2D eigenvalue weighted by molar-refractivity contribution is -0.0548. The van der Waals surface area contributed by atoms with Crippen molar-refractivity contribution in [3.63, 3.8) is 0 Å². The number of halogens is 2. The Morgan fingerprint density at radius 2 is 1.71 bits per heavy atom. The van der Waals surface area contributed by atoms with Crippen molar-refractivity contribution in [3.8, 4) is 5.75 Å². The molecule has 0 saturated carbocycles. The van der Waals surface area contributed by atoms with Crippen molar-refractivity contribution in [1.29, 1.82) is 0 Å². The summed E-state index contributed by atoms with van der Waals surface area (Å²) in [4.78, 5) is 27.2. The SMILES string of the molecule is O=P(O)(O)C[P@](=O)(OC[C@H]1O[C@@H](n2nnc3c(NCc4ccccc4Cl)nc(Cl)nc32)[C@H](O)[C@@H]1O)Oc1ccccc1. The Labute approximate surface area is 248 Å². The minimum atomic E-state index is -4.86. The molecular weight excluding hydrogens is 637 g/mol. The molecule has 2 aromatic carbocycles. The van der Waals surface area contributed by atoms with E-state index < -0.39 is 52.2 Å². The van der Waals surface area contributed by atoms with Crippen molar-refractivity contribution in [1.82, 2.24) is 25.0 Å². The van der Waals surface area contributed by atoms with Crippen molar-refractivity contribution < 1.29 is 42.9 Å². The van der Waals surface area contributed by atoms with Crippen LogP contribution in [0.1, 0.15) is 11.8 Å². The predicted molar refractivity (Wildman–Crippen MR) is 150 cm³/mol. The monoisotopic (exact) mass is 660 g/mol. The average molecular weight is 661 g/mol. The van der Waals surface area contributed by atoms with Crippen molar-refractivity contribution in [2.75, 3.05) is 17.8 Å². The quantitative estimate of drug-likeness (QED) is 0.115. The lowest BCUT2D eigenvalue weighted by atomic mass is 10.1. The van der Waals surface area contributed by atoms with Gasteiger partial charge in [0, 0.05) is 11.6 Å². The number of anilines is 1. The molecule has 4 aromatic rings. The Hall–Kier alpha value is -2.68. The molecule has 1 aliphatic heterocycles. The number of aliphatic hydroxyl groups is 2. The van der Waals surface area contributed by atoms with Gasteiger partial charge in [0.1, 0.15) is 24.1 Å². The van der Waals surface area contributed by atoms with Crippen LogP contribution in [0.2, 0.25) is 10.3 Å². The number of benzene rings is 2. The van der Waals surface area contributed by atoms with Crippen LogP contribution in [0, 0.1) is 0 Å². The molecule has 0 unspecified atom stereocenters. The number of ether oxygens (including phenoxy) is 1. The Morgan fingerprint density at radius 1 is 1.00 bits per heavy atom. The second-order valence-electron chi connectivity index (χ2n) is 9.16. The van der Waals surface area contributed by atoms with Crippen LogP contribution in [0.25, 0.3) is 11.2 Å². The van der Waals surface area contributed by atoms with Crippen LogP contribution in [0.4, 0.5) is 5.82 Å². The van der Waals surface area contributed by atoms with Gasteiger partial charge in [-0.15, -0.1) is 5.10 Å². The number of rotatable bonds is 11. The number of aromatic nitrogens is 5. The lowest BCUT2D eigenvalue weighted by Gasteiger charge is -2.22. The number of para-hydroxylation sites is 1. The standard InChI is InChI=1S/C23H24Cl2N6O9P2/c24-15-9-5-4-6-13(15)10-26-20-17-21(28-23(25)27-20)31(30-29-17)22-19(33)18(32)16(39-22)11-38-42(37,12-41(34,35)36)40-14-7-2-1-3-8-14/h1-9,16,18-19,22,32-33H,10-12H2,(H,26,27,28)(H2,34,35,36)/t16-,18-,19-,22-,42+/m1/s1. The van der Waals surface area contributed by atoms with E-state index in [4.69, 9.17) is 37.0 Å². The summed E-state index contributed by atoms with van der Waals surface area (Å²) in [6.45, 7) is -0.388. The van der Waals surface area contributed by atoms with Crippen LogP contribution >= 0.6 is 38.4 Å². The fourth-order valence-corrected chi connectivity index (χ4v) is 7.74. The summed E-state index contributed by atoms with van der Waals surface area (Å²) in [5, 5.41) is 33.0. The van der Waals surface area contributed by atoms with Crippen LogP contribution in [0.15, 0.2) is 54.6 Å². The number of aliphatic hydroxyl groups excluding tert-OH is 2. The zero-order valence-corrected chi connectivity index (χ0v) is 24.6. The molecule has 0 amide bonds. The smallest absolute Gasteiger partial charge is 0.391 e. The zero-order valence-electron chi connectivity index (χ0n) is 21.3. The highest BCUT2D eigenvalue weighted by atomic mass is 35.5. The van der Waals surface area contributed by atoms with Gasteiger partial charge in [-0.05, 0) is 35.4 Å². The van der Waals surface area contributed by atoms with Gasteiger partial charge >= 0.3 is 15.2 Å². The normalized spacial score (nSPS) is 22.2. The summed E-state index contributed by atoms with van der Waals surface area (Å²) >= 11 is 12.4. The maximum absolute atomic E-state index is 13.3. The molecule has 1 aliphatic rings. The van der Waals surface area contributed by atoms with Crippen molar-refractivity contribution in [3.05, 3.63) is 70.5 Å². The van der Waals surface area contributed by atoms with E-state index in [1.54, 1.807) is 30.3 Å². The average Bonchev–Trinajstić information content (AvgIpc) is 3.46. The highest BCUT2D eigenvalue weighted by molar-refractivity contribution is 7.70. The van der Waals surface area contributed by atoms with E-state index in [9.17, 15) is 29.1 Å². The Morgan fingerprint density at radius 3 is 2.43 bits per heavy atom. The number of hydrogen-bond donors (Lipinski definition) is 5. The third-order valence-corrected chi connectivity index (χ3v) is 10.5. The van der Waals surface area contributed by atoms with Crippen LogP contribution in [0.5, 0.6) is 5.75 Å². The summed E-state index contributed by atoms with van der Waals surface area (Å²) < 4.78 is 42.4. The predicted octanol–water partition coefficient (Wildman–Crippen LogP) is 3.18. The third-order valence-electron chi connectivity index (χ3n) is 6.06. The molecule has 0 radical (unpaired) electrons. The second kappa shape index (κ2) is 12.5. The molecule has 15 nitrogen and oxygen atoms in total. The molecule has 0 bridgehead atoms. The Balaban J connectivity index is 1.34. The van der Waals surface area contributed by atoms with Crippen LogP contribution in [-0.2, 0) is 24.9 Å². The molecule has 224 valence electrons. The first kappa shape index (κ1) is 30.8. The molecule has 5 N–H and O–H groups in total. The van der Waals surface area contributed by atoms with Crippen molar-refractivity contribution >= 4 is 55.4 Å². The zero-order chi connectivity index (χ0) is 30.1. The van der Waals surface area contributed by atoms with Crippen LogP contribution in [-0.4, -0.2) is 75.8 Å². The molecular formula is C23H24Cl2N6O9P2. The molecule has 1 saturated heterocycles. The van der Waals surface area contributed by atoms with E-state index in [0.29, 0.717) is 5.02 Å². The number of nitrogens with zero attached hydrogens (tertiary/aromatic N) is 5.